The molecular weight excluding hydrogens is 384 g/mol. The van der Waals surface area contributed by atoms with E-state index in [-0.39, 0.29) is 11.1 Å². The van der Waals surface area contributed by atoms with E-state index in [0.29, 0.717) is 24.7 Å². The van der Waals surface area contributed by atoms with Gasteiger partial charge in [-0.15, -0.1) is 0 Å². The molecule has 1 heterocycles. The van der Waals surface area contributed by atoms with Gasteiger partial charge in [0.2, 0.25) is 0 Å². The summed E-state index contributed by atoms with van der Waals surface area (Å²) >= 11 is 0. The minimum Gasteiger partial charge on any atom is -0.348 e. The fourth-order valence-electron chi connectivity index (χ4n) is 3.26. The van der Waals surface area contributed by atoms with Gasteiger partial charge in [-0.25, -0.2) is 17.6 Å². The van der Waals surface area contributed by atoms with Crippen LogP contribution in [0.25, 0.3) is 22.3 Å². The summed E-state index contributed by atoms with van der Waals surface area (Å²) in [6.07, 6.45) is -0.414. The van der Waals surface area contributed by atoms with Crippen LogP contribution in [0.2, 0.25) is 0 Å². The number of hydrogen-bond acceptors (Lipinski definition) is 2. The summed E-state index contributed by atoms with van der Waals surface area (Å²) in [7, 11) is 0. The normalized spacial score (nSPS) is 19.3. The average molecular weight is 402 g/mol. The van der Waals surface area contributed by atoms with Gasteiger partial charge in [0.05, 0.1) is 13.2 Å². The second kappa shape index (κ2) is 7.97. The van der Waals surface area contributed by atoms with E-state index >= 15 is 0 Å². The summed E-state index contributed by atoms with van der Waals surface area (Å²) in [6, 6.07) is 13.2. The Morgan fingerprint density at radius 2 is 1.24 bits per heavy atom. The molecule has 4 rings (SSSR count). The summed E-state index contributed by atoms with van der Waals surface area (Å²) < 4.78 is 66.0. The lowest BCUT2D eigenvalue weighted by atomic mass is 9.98. The molecule has 150 valence electrons. The molecule has 0 aromatic heterocycles. The fourth-order valence-corrected chi connectivity index (χ4v) is 3.26. The molecule has 0 unspecified atom stereocenters. The zero-order valence-corrected chi connectivity index (χ0v) is 15.6. The Kier molecular flexibility index (Phi) is 5.39. The molecule has 0 bridgehead atoms. The molecule has 6 heteroatoms. The molecule has 1 aliphatic heterocycles. The molecule has 1 fully saturated rings. The van der Waals surface area contributed by atoms with Crippen molar-refractivity contribution in [2.24, 2.45) is 5.92 Å². The first-order valence-corrected chi connectivity index (χ1v) is 9.20. The van der Waals surface area contributed by atoms with E-state index in [4.69, 9.17) is 9.47 Å². The van der Waals surface area contributed by atoms with E-state index in [1.165, 1.54) is 12.1 Å². The van der Waals surface area contributed by atoms with Crippen LogP contribution in [0.3, 0.4) is 0 Å². The van der Waals surface area contributed by atoms with Crippen molar-refractivity contribution in [1.29, 1.82) is 0 Å². The number of rotatable bonds is 3. The SMILES string of the molecule is CC1COC(c2ccc(-c3ccc(-c4cc(F)c(F)c(F)c4)c(F)c3)cc2)OC1. The molecule has 0 aliphatic carbocycles. The van der Waals surface area contributed by atoms with E-state index in [1.54, 1.807) is 6.07 Å². The van der Waals surface area contributed by atoms with Crippen molar-refractivity contribution < 1.29 is 27.0 Å². The Hall–Kier alpha value is -2.70. The minimum absolute atomic E-state index is 0.0127. The van der Waals surface area contributed by atoms with Gasteiger partial charge < -0.3 is 9.47 Å². The summed E-state index contributed by atoms with van der Waals surface area (Å²) in [5.74, 6) is -4.60. The molecule has 0 N–H and O–H groups in total. The van der Waals surface area contributed by atoms with E-state index < -0.39 is 29.6 Å². The maximum Gasteiger partial charge on any atom is 0.194 e. The Bertz CT molecular complexity index is 1000. The van der Waals surface area contributed by atoms with Gasteiger partial charge in [-0.2, -0.15) is 0 Å². The smallest absolute Gasteiger partial charge is 0.194 e. The Labute approximate surface area is 165 Å². The molecule has 0 saturated carbocycles. The average Bonchev–Trinajstić information content (AvgIpc) is 2.72. The zero-order valence-electron chi connectivity index (χ0n) is 15.6. The fraction of sp³-hybridized carbons (Fsp3) is 0.217. The topological polar surface area (TPSA) is 18.5 Å². The highest BCUT2D eigenvalue weighted by molar-refractivity contribution is 5.71. The molecule has 29 heavy (non-hydrogen) atoms. The molecule has 1 aliphatic rings. The maximum atomic E-state index is 14.6. The van der Waals surface area contributed by atoms with Crippen LogP contribution in [0.1, 0.15) is 18.8 Å². The van der Waals surface area contributed by atoms with Gasteiger partial charge in [0, 0.05) is 17.0 Å². The lowest BCUT2D eigenvalue weighted by Crippen LogP contribution is -2.24. The van der Waals surface area contributed by atoms with Crippen LogP contribution in [-0.2, 0) is 9.47 Å². The van der Waals surface area contributed by atoms with E-state index in [1.807, 2.05) is 31.2 Å². The Morgan fingerprint density at radius 3 is 1.83 bits per heavy atom. The zero-order chi connectivity index (χ0) is 20.5. The standard InChI is InChI=1S/C23H18F4O2/c1-13-11-28-23(29-12-13)15-4-2-14(3-5-15)16-6-7-18(19(24)8-16)17-9-20(25)22(27)21(26)10-17/h2-10,13,23H,11-12H2,1H3. The lowest BCUT2D eigenvalue weighted by molar-refractivity contribution is -0.202. The van der Waals surface area contributed by atoms with Gasteiger partial charge in [-0.05, 0) is 34.9 Å². The first kappa shape index (κ1) is 19.6. The van der Waals surface area contributed by atoms with Crippen molar-refractivity contribution in [1.82, 2.24) is 0 Å². The van der Waals surface area contributed by atoms with Crippen molar-refractivity contribution >= 4 is 0 Å². The predicted molar refractivity (Wildman–Crippen MR) is 101 cm³/mol. The van der Waals surface area contributed by atoms with Gasteiger partial charge in [0.25, 0.3) is 0 Å². The second-order valence-electron chi connectivity index (χ2n) is 7.17. The minimum atomic E-state index is -1.58. The van der Waals surface area contributed by atoms with Gasteiger partial charge in [-0.1, -0.05) is 43.3 Å². The molecular formula is C23H18F4O2. The number of halogens is 4. The number of hydrogen-bond donors (Lipinski definition) is 0. The van der Waals surface area contributed by atoms with Crippen LogP contribution in [0.4, 0.5) is 17.6 Å². The molecule has 0 spiro atoms. The van der Waals surface area contributed by atoms with E-state index in [9.17, 15) is 17.6 Å². The largest absolute Gasteiger partial charge is 0.348 e. The third-order valence-electron chi connectivity index (χ3n) is 4.84. The van der Waals surface area contributed by atoms with Gasteiger partial charge in [0.1, 0.15) is 5.82 Å². The molecule has 0 amide bonds. The van der Waals surface area contributed by atoms with E-state index in [2.05, 4.69) is 0 Å². The van der Waals surface area contributed by atoms with Gasteiger partial charge >= 0.3 is 0 Å². The van der Waals surface area contributed by atoms with Crippen LogP contribution in [0.15, 0.2) is 54.6 Å². The quantitative estimate of drug-likeness (QED) is 0.380. The summed E-state index contributed by atoms with van der Waals surface area (Å²) in [6.45, 7) is 3.31. The van der Waals surface area contributed by atoms with Crippen LogP contribution in [-0.4, -0.2) is 13.2 Å². The second-order valence-corrected chi connectivity index (χ2v) is 7.17. The lowest BCUT2D eigenvalue weighted by Gasteiger charge is -2.27. The van der Waals surface area contributed by atoms with Crippen LogP contribution < -0.4 is 0 Å². The van der Waals surface area contributed by atoms with Gasteiger partial charge in [0.15, 0.2) is 23.7 Å². The third kappa shape index (κ3) is 4.04. The molecule has 3 aromatic carbocycles. The molecule has 2 nitrogen and oxygen atoms in total. The monoisotopic (exact) mass is 402 g/mol. The van der Waals surface area contributed by atoms with Crippen molar-refractivity contribution in [3.8, 4) is 22.3 Å². The summed E-state index contributed by atoms with van der Waals surface area (Å²) in [4.78, 5) is 0. The van der Waals surface area contributed by atoms with Crippen molar-refractivity contribution in [3.63, 3.8) is 0 Å². The Balaban J connectivity index is 1.58. The summed E-state index contributed by atoms with van der Waals surface area (Å²) in [5.41, 5.74) is 2.15. The van der Waals surface area contributed by atoms with Crippen LogP contribution >= 0.6 is 0 Å². The molecule has 1 saturated heterocycles. The van der Waals surface area contributed by atoms with Gasteiger partial charge in [-0.3, -0.25) is 0 Å². The highest BCUT2D eigenvalue weighted by atomic mass is 19.2. The van der Waals surface area contributed by atoms with Crippen molar-refractivity contribution in [3.05, 3.63) is 83.4 Å². The maximum absolute atomic E-state index is 14.6. The third-order valence-corrected chi connectivity index (χ3v) is 4.84. The highest BCUT2D eigenvalue weighted by Crippen LogP contribution is 2.31. The highest BCUT2D eigenvalue weighted by Gasteiger charge is 2.21. The molecule has 3 aromatic rings. The van der Waals surface area contributed by atoms with Crippen molar-refractivity contribution in [2.45, 2.75) is 13.2 Å². The van der Waals surface area contributed by atoms with E-state index in [0.717, 1.165) is 23.3 Å². The molecule has 0 radical (unpaired) electrons. The number of benzene rings is 3. The summed E-state index contributed by atoms with van der Waals surface area (Å²) in [5, 5.41) is 0. The predicted octanol–water partition coefficient (Wildman–Crippen LogP) is 6.26. The Morgan fingerprint density at radius 1 is 0.690 bits per heavy atom. The first-order valence-electron chi connectivity index (χ1n) is 9.20. The first-order chi connectivity index (χ1) is 13.9. The van der Waals surface area contributed by atoms with Crippen LogP contribution in [0, 0.1) is 29.2 Å². The van der Waals surface area contributed by atoms with Crippen LogP contribution in [0.5, 0.6) is 0 Å². The number of ether oxygens (including phenoxy) is 2. The molecule has 0 atom stereocenters. The van der Waals surface area contributed by atoms with Crippen molar-refractivity contribution in [2.75, 3.05) is 13.2 Å².